The lowest BCUT2D eigenvalue weighted by Gasteiger charge is -2.03. The fourth-order valence-corrected chi connectivity index (χ4v) is 1.68. The predicted molar refractivity (Wildman–Crippen MR) is 60.2 cm³/mol. The van der Waals surface area contributed by atoms with E-state index in [9.17, 15) is 0 Å². The van der Waals surface area contributed by atoms with Gasteiger partial charge in [-0.25, -0.2) is 4.98 Å². The lowest BCUT2D eigenvalue weighted by molar-refractivity contribution is 0.797. The Morgan fingerprint density at radius 1 is 1.47 bits per heavy atom. The summed E-state index contributed by atoms with van der Waals surface area (Å²) in [5, 5.41) is 8.87. The molecule has 2 rings (SSSR count). The van der Waals surface area contributed by atoms with Gasteiger partial charge >= 0.3 is 0 Å². The van der Waals surface area contributed by atoms with Crippen molar-refractivity contribution in [2.24, 2.45) is 0 Å². The van der Waals surface area contributed by atoms with Crippen LogP contribution in [0.4, 0.5) is 0 Å². The number of nitrogens with zero attached hydrogens (tertiary/aromatic N) is 3. The Balaban J connectivity index is 2.27. The van der Waals surface area contributed by atoms with Gasteiger partial charge in [-0.05, 0) is 33.6 Å². The van der Waals surface area contributed by atoms with Gasteiger partial charge in [-0.2, -0.15) is 5.26 Å². The second-order valence-electron chi connectivity index (χ2n) is 3.16. The van der Waals surface area contributed by atoms with E-state index in [1.54, 1.807) is 12.5 Å². The molecule has 15 heavy (non-hydrogen) atoms. The van der Waals surface area contributed by atoms with Crippen LogP contribution >= 0.6 is 15.9 Å². The molecule has 0 N–H and O–H groups in total. The van der Waals surface area contributed by atoms with Gasteiger partial charge in [0.05, 0.1) is 11.9 Å². The van der Waals surface area contributed by atoms with Gasteiger partial charge in [-0.3, -0.25) is 0 Å². The summed E-state index contributed by atoms with van der Waals surface area (Å²) in [6.45, 7) is 0.738. The van der Waals surface area contributed by atoms with E-state index in [2.05, 4.69) is 27.0 Å². The van der Waals surface area contributed by atoms with Crippen molar-refractivity contribution in [3.05, 3.63) is 52.5 Å². The standard InChI is InChI=1S/C11H8BrN3/c12-11-2-1-9(5-10(11)6-13)7-15-4-3-14-8-15/h1-5,8H,7H2. The van der Waals surface area contributed by atoms with Gasteiger partial charge in [0.1, 0.15) is 6.07 Å². The highest BCUT2D eigenvalue weighted by Crippen LogP contribution is 2.17. The van der Waals surface area contributed by atoms with Crippen LogP contribution in [0.1, 0.15) is 11.1 Å². The molecule has 0 aliphatic heterocycles. The highest BCUT2D eigenvalue weighted by molar-refractivity contribution is 9.10. The first-order valence-corrected chi connectivity index (χ1v) is 5.23. The number of nitriles is 1. The summed E-state index contributed by atoms with van der Waals surface area (Å²) < 4.78 is 2.80. The molecule has 0 aliphatic carbocycles. The molecule has 4 heteroatoms. The van der Waals surface area contributed by atoms with Crippen LogP contribution in [0.5, 0.6) is 0 Å². The van der Waals surface area contributed by atoms with Crippen molar-refractivity contribution in [3.63, 3.8) is 0 Å². The Morgan fingerprint density at radius 3 is 3.00 bits per heavy atom. The average molecular weight is 262 g/mol. The van der Waals surface area contributed by atoms with E-state index >= 15 is 0 Å². The van der Waals surface area contributed by atoms with Crippen molar-refractivity contribution in [1.29, 1.82) is 5.26 Å². The molecule has 0 fully saturated rings. The van der Waals surface area contributed by atoms with Crippen molar-refractivity contribution < 1.29 is 0 Å². The van der Waals surface area contributed by atoms with E-state index in [1.165, 1.54) is 0 Å². The number of hydrogen-bond donors (Lipinski definition) is 0. The maximum Gasteiger partial charge on any atom is 0.100 e. The number of aromatic nitrogens is 2. The smallest absolute Gasteiger partial charge is 0.100 e. The second kappa shape index (κ2) is 4.28. The van der Waals surface area contributed by atoms with Crippen molar-refractivity contribution in [2.75, 3.05) is 0 Å². The van der Waals surface area contributed by atoms with Crippen LogP contribution in [0.2, 0.25) is 0 Å². The fourth-order valence-electron chi connectivity index (χ4n) is 1.35. The predicted octanol–water partition coefficient (Wildman–Crippen LogP) is 2.57. The Kier molecular flexibility index (Phi) is 2.84. The van der Waals surface area contributed by atoms with Gasteiger partial charge in [-0.15, -0.1) is 0 Å². The molecular weight excluding hydrogens is 254 g/mol. The molecule has 0 amide bonds. The average Bonchev–Trinajstić information content (AvgIpc) is 2.73. The summed E-state index contributed by atoms with van der Waals surface area (Å²) in [5.74, 6) is 0. The Labute approximate surface area is 96.1 Å². The molecule has 2 aromatic rings. The lowest BCUT2D eigenvalue weighted by atomic mass is 10.1. The SMILES string of the molecule is N#Cc1cc(Cn2ccnc2)ccc1Br. The molecule has 0 saturated carbocycles. The monoisotopic (exact) mass is 261 g/mol. The zero-order valence-corrected chi connectivity index (χ0v) is 9.48. The van der Waals surface area contributed by atoms with E-state index in [1.807, 2.05) is 29.0 Å². The molecule has 0 atom stereocenters. The Morgan fingerprint density at radius 2 is 2.33 bits per heavy atom. The van der Waals surface area contributed by atoms with Crippen molar-refractivity contribution in [3.8, 4) is 6.07 Å². The molecule has 0 saturated heterocycles. The quantitative estimate of drug-likeness (QED) is 0.834. The van der Waals surface area contributed by atoms with Crippen LogP contribution in [-0.4, -0.2) is 9.55 Å². The van der Waals surface area contributed by atoms with Crippen molar-refractivity contribution in [1.82, 2.24) is 9.55 Å². The summed E-state index contributed by atoms with van der Waals surface area (Å²) in [6, 6.07) is 7.91. The van der Waals surface area contributed by atoms with E-state index in [0.717, 1.165) is 16.6 Å². The maximum atomic E-state index is 8.87. The van der Waals surface area contributed by atoms with Crippen LogP contribution in [-0.2, 0) is 6.54 Å². The summed E-state index contributed by atoms with van der Waals surface area (Å²) in [5.41, 5.74) is 1.75. The first-order chi connectivity index (χ1) is 7.29. The second-order valence-corrected chi connectivity index (χ2v) is 4.02. The highest BCUT2D eigenvalue weighted by Gasteiger charge is 2.01. The minimum atomic E-state index is 0.660. The van der Waals surface area contributed by atoms with Gasteiger partial charge in [0, 0.05) is 23.4 Å². The zero-order valence-electron chi connectivity index (χ0n) is 7.89. The zero-order chi connectivity index (χ0) is 10.7. The molecule has 0 bridgehead atoms. The normalized spacial score (nSPS) is 9.87. The third-order valence-electron chi connectivity index (χ3n) is 2.08. The largest absolute Gasteiger partial charge is 0.333 e. The maximum absolute atomic E-state index is 8.87. The molecule has 3 nitrogen and oxygen atoms in total. The topological polar surface area (TPSA) is 41.6 Å². The molecule has 0 unspecified atom stereocenters. The van der Waals surface area contributed by atoms with Gasteiger partial charge in [0.25, 0.3) is 0 Å². The minimum absolute atomic E-state index is 0.660. The van der Waals surface area contributed by atoms with Crippen LogP contribution in [0.15, 0.2) is 41.4 Å². The van der Waals surface area contributed by atoms with Crippen LogP contribution in [0.25, 0.3) is 0 Å². The van der Waals surface area contributed by atoms with Crippen molar-refractivity contribution in [2.45, 2.75) is 6.54 Å². The number of imidazole rings is 1. The molecular formula is C11H8BrN3. The molecule has 74 valence electrons. The van der Waals surface area contributed by atoms with E-state index < -0.39 is 0 Å². The summed E-state index contributed by atoms with van der Waals surface area (Å²) in [7, 11) is 0. The Hall–Kier alpha value is -1.60. The number of benzene rings is 1. The van der Waals surface area contributed by atoms with Gasteiger partial charge in [0.2, 0.25) is 0 Å². The summed E-state index contributed by atoms with van der Waals surface area (Å²) >= 11 is 3.33. The first-order valence-electron chi connectivity index (χ1n) is 4.44. The molecule has 0 radical (unpaired) electrons. The molecule has 1 aromatic carbocycles. The third-order valence-corrected chi connectivity index (χ3v) is 2.77. The van der Waals surface area contributed by atoms with E-state index in [0.29, 0.717) is 5.56 Å². The fraction of sp³-hybridized carbons (Fsp3) is 0.0909. The lowest BCUT2D eigenvalue weighted by Crippen LogP contribution is -1.96. The molecule has 0 aliphatic rings. The summed E-state index contributed by atoms with van der Waals surface area (Å²) in [4.78, 5) is 3.97. The summed E-state index contributed by atoms with van der Waals surface area (Å²) in [6.07, 6.45) is 5.40. The highest BCUT2D eigenvalue weighted by atomic mass is 79.9. The Bertz CT molecular complexity index is 497. The molecule has 1 aromatic heterocycles. The molecule has 1 heterocycles. The van der Waals surface area contributed by atoms with Crippen LogP contribution in [0.3, 0.4) is 0 Å². The third kappa shape index (κ3) is 2.25. The van der Waals surface area contributed by atoms with Crippen molar-refractivity contribution >= 4 is 15.9 Å². The van der Waals surface area contributed by atoms with Gasteiger partial charge < -0.3 is 4.57 Å². The minimum Gasteiger partial charge on any atom is -0.333 e. The van der Waals surface area contributed by atoms with Crippen LogP contribution < -0.4 is 0 Å². The molecule has 0 spiro atoms. The number of hydrogen-bond acceptors (Lipinski definition) is 2. The number of rotatable bonds is 2. The van der Waals surface area contributed by atoms with Gasteiger partial charge in [-0.1, -0.05) is 6.07 Å². The number of halogens is 1. The van der Waals surface area contributed by atoms with Gasteiger partial charge in [0.15, 0.2) is 0 Å². The van der Waals surface area contributed by atoms with Crippen LogP contribution in [0, 0.1) is 11.3 Å². The van der Waals surface area contributed by atoms with E-state index in [-0.39, 0.29) is 0 Å². The first kappa shape index (κ1) is 9.94. The van der Waals surface area contributed by atoms with E-state index in [4.69, 9.17) is 5.26 Å².